The number of rotatable bonds is 4. The third kappa shape index (κ3) is 3.19. The molecule has 0 unspecified atom stereocenters. The van der Waals surface area contributed by atoms with Crippen molar-refractivity contribution in [1.29, 1.82) is 0 Å². The summed E-state index contributed by atoms with van der Waals surface area (Å²) in [4.78, 5) is 4.45. The van der Waals surface area contributed by atoms with E-state index in [0.717, 1.165) is 22.6 Å². The topological polar surface area (TPSA) is 12.0 Å². The van der Waals surface area contributed by atoms with Crippen molar-refractivity contribution >= 4 is 43.2 Å². The quantitative estimate of drug-likeness (QED) is 0.446. The van der Waals surface area contributed by atoms with Gasteiger partial charge in [0.1, 0.15) is 0 Å². The van der Waals surface area contributed by atoms with Crippen LogP contribution in [0.15, 0.2) is 0 Å². The predicted octanol–water partition coefficient (Wildman–Crippen LogP) is 4.24. The summed E-state index contributed by atoms with van der Waals surface area (Å²) in [5.41, 5.74) is 3.76. The average Bonchev–Trinajstić information content (AvgIpc) is 2.59. The first-order valence-electron chi connectivity index (χ1n) is 6.63. The van der Waals surface area contributed by atoms with Gasteiger partial charge in [-0.25, -0.2) is 0 Å². The van der Waals surface area contributed by atoms with E-state index >= 15 is 0 Å². The summed E-state index contributed by atoms with van der Waals surface area (Å²) in [6.45, 7) is 20.0. The van der Waals surface area contributed by atoms with Gasteiger partial charge in [0.2, 0.25) is 0 Å². The van der Waals surface area contributed by atoms with Crippen molar-refractivity contribution in [3.63, 3.8) is 0 Å². The monoisotopic (exact) mass is 509 g/mol. The van der Waals surface area contributed by atoms with E-state index in [0.29, 0.717) is 33.0 Å². The zero-order valence-corrected chi connectivity index (χ0v) is 19.0. The van der Waals surface area contributed by atoms with Crippen molar-refractivity contribution < 1.29 is 0 Å². The molecule has 1 saturated heterocycles. The third-order valence-electron chi connectivity index (χ3n) is 3.66. The molecular formula is C12H29NP2Te2+2. The maximum atomic E-state index is 4.45. The predicted molar refractivity (Wildman–Crippen MR) is 89.0 cm³/mol. The van der Waals surface area contributed by atoms with Crippen LogP contribution in [-0.2, 0) is 0 Å². The van der Waals surface area contributed by atoms with Crippen LogP contribution in [0.1, 0.15) is 55.4 Å². The van der Waals surface area contributed by atoms with Crippen molar-refractivity contribution in [1.82, 2.24) is 4.86 Å². The molecule has 0 radical (unpaired) electrons. The number of hydrogen-bond acceptors (Lipinski definition) is 1. The average molecular weight is 505 g/mol. The van der Waals surface area contributed by atoms with E-state index in [9.17, 15) is 0 Å². The van der Waals surface area contributed by atoms with Gasteiger partial charge < -0.3 is 0 Å². The molecule has 1 rings (SSSR count). The van der Waals surface area contributed by atoms with E-state index in [4.69, 9.17) is 0 Å². The van der Waals surface area contributed by atoms with Crippen molar-refractivity contribution in [2.24, 2.45) is 0 Å². The Balaban J connectivity index is 3.06. The minimum absolute atomic E-state index is 0.333. The van der Waals surface area contributed by atoms with Crippen LogP contribution in [0.2, 0.25) is 0 Å². The van der Waals surface area contributed by atoms with Crippen LogP contribution < -0.4 is 4.86 Å². The summed E-state index contributed by atoms with van der Waals surface area (Å²) in [6, 6.07) is 0. The Bertz CT molecular complexity index is 225. The number of hydrogen-bond donors (Lipinski definition) is 1. The van der Waals surface area contributed by atoms with Gasteiger partial charge in [0.15, 0.2) is 0 Å². The molecule has 1 heterocycles. The summed E-state index contributed by atoms with van der Waals surface area (Å²) < 4.78 is 0. The van der Waals surface area contributed by atoms with E-state index in [1.807, 2.05) is 0 Å². The maximum absolute atomic E-state index is 4.45. The van der Waals surface area contributed by atoms with E-state index in [-0.39, 0.29) is 0 Å². The van der Waals surface area contributed by atoms with Gasteiger partial charge in [0, 0.05) is 0 Å². The fourth-order valence-corrected chi connectivity index (χ4v) is 126. The second-order valence-electron chi connectivity index (χ2n) is 6.04. The fourth-order valence-electron chi connectivity index (χ4n) is 2.39. The van der Waals surface area contributed by atoms with Gasteiger partial charge in [-0.1, -0.05) is 0 Å². The van der Waals surface area contributed by atoms with Gasteiger partial charge in [-0.3, -0.25) is 0 Å². The molecule has 5 heteroatoms. The van der Waals surface area contributed by atoms with E-state index in [1.54, 1.807) is 0 Å². The normalized spacial score (nSPS) is 23.3. The molecule has 0 saturated carbocycles. The molecule has 0 aromatic heterocycles. The standard InChI is InChI=1S/C12H29NP2Te2/c1-9(2)14(10(3)4)13-15(11(5)6,12(7)8)17-16-14/h9-13H,1-8H3/q+2. The van der Waals surface area contributed by atoms with Gasteiger partial charge in [-0.2, -0.15) is 0 Å². The SMILES string of the molecule is CC(C)[P+]1(C(C)C)N[P+](C(C)C)(C(C)C)[Te][Te]1. The molecule has 102 valence electrons. The number of nitrogens with one attached hydrogen (secondary N) is 1. The summed E-state index contributed by atoms with van der Waals surface area (Å²) in [7, 11) is 0. The molecule has 1 aliphatic heterocycles. The van der Waals surface area contributed by atoms with Crippen LogP contribution in [0.5, 0.6) is 0 Å². The fraction of sp³-hybridized carbons (Fsp3) is 1.00. The molecule has 0 amide bonds. The summed E-state index contributed by atoms with van der Waals surface area (Å²) in [5.74, 6) is 0. The first-order chi connectivity index (χ1) is 7.69. The van der Waals surface area contributed by atoms with Gasteiger partial charge in [0.05, 0.1) is 0 Å². The van der Waals surface area contributed by atoms with Crippen molar-refractivity contribution in [3.8, 4) is 0 Å². The van der Waals surface area contributed by atoms with Crippen LogP contribution in [-0.4, -0.2) is 55.7 Å². The molecular weight excluding hydrogens is 475 g/mol. The Morgan fingerprint density at radius 3 is 0.941 bits per heavy atom. The van der Waals surface area contributed by atoms with Crippen LogP contribution in [0.25, 0.3) is 0 Å². The second kappa shape index (κ2) is 6.44. The van der Waals surface area contributed by atoms with Gasteiger partial charge in [0.25, 0.3) is 0 Å². The summed E-state index contributed by atoms with van der Waals surface area (Å²) >= 11 is 0.666. The van der Waals surface area contributed by atoms with E-state index < -0.39 is 10.2 Å². The molecule has 0 aromatic rings. The van der Waals surface area contributed by atoms with Crippen LogP contribution in [0, 0.1) is 0 Å². The first-order valence-corrected chi connectivity index (χ1v) is 23.9. The molecule has 0 spiro atoms. The van der Waals surface area contributed by atoms with Gasteiger partial charge in [-0.15, -0.1) is 0 Å². The molecule has 0 aliphatic carbocycles. The Morgan fingerprint density at radius 2 is 0.824 bits per heavy atom. The molecule has 0 bridgehead atoms. The first kappa shape index (κ1) is 17.5. The molecule has 17 heavy (non-hydrogen) atoms. The van der Waals surface area contributed by atoms with Crippen molar-refractivity contribution in [3.05, 3.63) is 0 Å². The van der Waals surface area contributed by atoms with E-state index in [2.05, 4.69) is 60.2 Å². The molecule has 1 aliphatic rings. The zero-order valence-electron chi connectivity index (χ0n) is 12.5. The molecule has 0 aromatic carbocycles. The summed E-state index contributed by atoms with van der Waals surface area (Å²) in [5, 5.41) is -1.47. The zero-order chi connectivity index (χ0) is 13.4. The van der Waals surface area contributed by atoms with Gasteiger partial charge >= 0.3 is 126 Å². The molecule has 1 nitrogen and oxygen atoms in total. The Kier molecular flexibility index (Phi) is 6.62. The second-order valence-corrected chi connectivity index (χ2v) is 44.1. The Morgan fingerprint density at radius 1 is 0.588 bits per heavy atom. The minimum atomic E-state index is -0.733. The van der Waals surface area contributed by atoms with Crippen LogP contribution in [0.3, 0.4) is 0 Å². The molecule has 0 atom stereocenters. The third-order valence-corrected chi connectivity index (χ3v) is 77.5. The van der Waals surface area contributed by atoms with Crippen molar-refractivity contribution in [2.75, 3.05) is 0 Å². The summed E-state index contributed by atoms with van der Waals surface area (Å²) in [6.07, 6.45) is 0. The van der Waals surface area contributed by atoms with Gasteiger partial charge in [-0.05, 0) is 0 Å². The van der Waals surface area contributed by atoms with Crippen LogP contribution in [0.4, 0.5) is 0 Å². The van der Waals surface area contributed by atoms with Crippen LogP contribution >= 0.6 is 10.2 Å². The van der Waals surface area contributed by atoms with E-state index in [1.165, 1.54) is 0 Å². The Labute approximate surface area is 125 Å². The van der Waals surface area contributed by atoms with Crippen molar-refractivity contribution in [2.45, 2.75) is 78.0 Å². The Hall–Kier alpha value is 2.40. The molecule has 1 N–H and O–H groups in total. The molecule has 1 fully saturated rings.